The largest absolute Gasteiger partial charge is 0.507 e. The molecule has 0 radical (unpaired) electrons. The van der Waals surface area contributed by atoms with Gasteiger partial charge in [0, 0.05) is 44.2 Å². The second kappa shape index (κ2) is 17.3. The van der Waals surface area contributed by atoms with Crippen LogP contribution >= 0.6 is 0 Å². The maximum absolute atomic E-state index is 12.6. The summed E-state index contributed by atoms with van der Waals surface area (Å²) in [5, 5.41) is 12.6. The summed E-state index contributed by atoms with van der Waals surface area (Å²) in [6.45, 7) is 29.3. The first-order valence-electron chi connectivity index (χ1n) is 23.5. The number of phenolic OH excluding ortho intramolecular Hbond substituents is 1. The van der Waals surface area contributed by atoms with Crippen LogP contribution in [0.25, 0.3) is 61.6 Å². The normalized spacial score (nSPS) is 12.8. The molecule has 0 amide bonds. The van der Waals surface area contributed by atoms with E-state index in [-0.39, 0.29) is 49.8 Å². The predicted octanol–water partition coefficient (Wildman–Crippen LogP) is 13.6. The zero-order chi connectivity index (χ0) is 46.3. The minimum atomic E-state index is -0.314. The number of pyridine rings is 1. The van der Waals surface area contributed by atoms with Crippen LogP contribution in [0.15, 0.2) is 128 Å². The van der Waals surface area contributed by atoms with Crippen molar-refractivity contribution < 1.29 is 26.2 Å². The van der Waals surface area contributed by atoms with Crippen molar-refractivity contribution >= 4 is 34.1 Å². The zero-order valence-corrected chi connectivity index (χ0v) is 43.2. The molecule has 0 bridgehead atoms. The Hall–Kier alpha value is -5.51. The molecule has 8 aromatic rings. The molecular weight excluding hydrogens is 985 g/mol. The van der Waals surface area contributed by atoms with Gasteiger partial charge in [-0.1, -0.05) is 198 Å². The Balaban J connectivity index is 0.00000592. The SMILES string of the molecule is CC(C)c1cccc(C(C)C)c1B1c2ccccc2-n2c(-c3cc(C(C)(C)C)cc(C(C)(C)C)c3O)nc3c(-c4[c-]c(-c5cc(-c6ccccc6)ccn5)cc(C(C)(C)C)c4)ccc1c32.[Pt]. The van der Waals surface area contributed by atoms with E-state index < -0.39 is 0 Å². The Morgan fingerprint density at radius 1 is 0.591 bits per heavy atom. The number of nitrogens with zero attached hydrogens (tertiary/aromatic N) is 3. The standard InChI is InChI=1S/C60H63BN3O.Pt/c1-36(2)44-22-19-23-45(37(3)4)53(44)61-49-24-17-18-25-52(49)64-55-50(61)27-26-46(54(55)63-57(64)47-34-43(59(8,9)10)35-48(56(47)65)60(11,12)13)40-30-41(32-42(31-40)58(5,6)7)51-33-39(28-29-62-51)38-20-15-14-16-21-38;/h14-29,31-37,65H,1-13H3;/q-1;. The molecule has 0 saturated carbocycles. The zero-order valence-electron chi connectivity index (χ0n) is 41.0. The van der Waals surface area contributed by atoms with Crippen LogP contribution in [0.4, 0.5) is 0 Å². The Morgan fingerprint density at radius 2 is 1.21 bits per heavy atom. The van der Waals surface area contributed by atoms with Gasteiger partial charge in [-0.3, -0.25) is 9.55 Å². The van der Waals surface area contributed by atoms with Gasteiger partial charge in [-0.05, 0) is 85.0 Å². The van der Waals surface area contributed by atoms with Crippen molar-refractivity contribution in [1.82, 2.24) is 14.5 Å². The third kappa shape index (κ3) is 8.31. The van der Waals surface area contributed by atoms with Crippen molar-refractivity contribution in [3.63, 3.8) is 0 Å². The molecule has 0 saturated heterocycles. The Bertz CT molecular complexity index is 3100. The summed E-state index contributed by atoms with van der Waals surface area (Å²) < 4.78 is 2.36. The molecule has 0 spiro atoms. The topological polar surface area (TPSA) is 50.9 Å². The van der Waals surface area contributed by atoms with E-state index in [1.54, 1.807) is 0 Å². The third-order valence-electron chi connectivity index (χ3n) is 13.5. The number of rotatable bonds is 7. The van der Waals surface area contributed by atoms with E-state index in [0.29, 0.717) is 11.8 Å². The van der Waals surface area contributed by atoms with Gasteiger partial charge in [-0.15, -0.1) is 29.3 Å². The van der Waals surface area contributed by atoms with Crippen molar-refractivity contribution in [3.8, 4) is 56.3 Å². The molecule has 0 aliphatic carbocycles. The van der Waals surface area contributed by atoms with Gasteiger partial charge in [-0.25, -0.2) is 4.98 Å². The number of hydrogen-bond acceptors (Lipinski definition) is 3. The van der Waals surface area contributed by atoms with Gasteiger partial charge in [0.2, 0.25) is 6.71 Å². The van der Waals surface area contributed by atoms with Gasteiger partial charge < -0.3 is 5.11 Å². The van der Waals surface area contributed by atoms with Crippen molar-refractivity contribution in [3.05, 3.63) is 161 Å². The van der Waals surface area contributed by atoms with Crippen molar-refractivity contribution in [2.75, 3.05) is 0 Å². The van der Waals surface area contributed by atoms with Gasteiger partial charge in [0.05, 0.1) is 16.6 Å². The second-order valence-electron chi connectivity index (χ2n) is 22.0. The van der Waals surface area contributed by atoms with E-state index >= 15 is 0 Å². The number of hydrogen-bond donors (Lipinski definition) is 1. The van der Waals surface area contributed by atoms with Crippen LogP contribution in [0.1, 0.15) is 130 Å². The molecule has 66 heavy (non-hydrogen) atoms. The number of benzene rings is 6. The predicted molar refractivity (Wildman–Crippen MR) is 276 cm³/mol. The van der Waals surface area contributed by atoms with Crippen LogP contribution < -0.4 is 16.4 Å². The number of aromatic hydroxyl groups is 1. The average molecular weight is 1050 g/mol. The van der Waals surface area contributed by atoms with Gasteiger partial charge in [-0.2, -0.15) is 0 Å². The summed E-state index contributed by atoms with van der Waals surface area (Å²) in [7, 11) is 0. The van der Waals surface area contributed by atoms with E-state index in [1.807, 2.05) is 6.20 Å². The van der Waals surface area contributed by atoms with E-state index in [1.165, 1.54) is 33.1 Å². The summed E-state index contributed by atoms with van der Waals surface area (Å²) in [5.74, 6) is 1.66. The van der Waals surface area contributed by atoms with Crippen LogP contribution in [0.5, 0.6) is 5.75 Å². The molecule has 1 aliphatic rings. The van der Waals surface area contributed by atoms with Gasteiger partial charge >= 0.3 is 0 Å². The second-order valence-corrected chi connectivity index (χ2v) is 22.0. The summed E-state index contributed by atoms with van der Waals surface area (Å²) >= 11 is 0. The quantitative estimate of drug-likeness (QED) is 0.128. The van der Waals surface area contributed by atoms with Crippen LogP contribution in [-0.2, 0) is 37.3 Å². The molecule has 3 heterocycles. The van der Waals surface area contributed by atoms with Crippen LogP contribution in [0.2, 0.25) is 0 Å². The fraction of sp³-hybridized carbons (Fsp3) is 0.300. The smallest absolute Gasteiger partial charge is 0.247 e. The van der Waals surface area contributed by atoms with Crippen LogP contribution in [-0.4, -0.2) is 26.4 Å². The van der Waals surface area contributed by atoms with Crippen molar-refractivity contribution in [1.29, 1.82) is 0 Å². The molecule has 9 rings (SSSR count). The number of phenols is 1. The van der Waals surface area contributed by atoms with Crippen molar-refractivity contribution in [2.45, 2.75) is 118 Å². The van der Waals surface area contributed by atoms with E-state index in [9.17, 15) is 5.11 Å². The third-order valence-corrected chi connectivity index (χ3v) is 13.5. The number of aromatic nitrogens is 3. The van der Waals surface area contributed by atoms with E-state index in [0.717, 1.165) is 72.7 Å². The molecule has 338 valence electrons. The summed E-state index contributed by atoms with van der Waals surface area (Å²) in [6.07, 6.45) is 1.91. The first-order valence-corrected chi connectivity index (χ1v) is 23.5. The van der Waals surface area contributed by atoms with Crippen LogP contribution in [0, 0.1) is 6.07 Å². The molecule has 0 atom stereocenters. The molecule has 2 aromatic heterocycles. The average Bonchev–Trinajstić information content (AvgIpc) is 3.66. The first-order chi connectivity index (χ1) is 30.7. The van der Waals surface area contributed by atoms with Crippen molar-refractivity contribution in [2.24, 2.45) is 0 Å². The van der Waals surface area contributed by atoms with Crippen LogP contribution in [0.3, 0.4) is 0 Å². The first kappa shape index (κ1) is 47.0. The monoisotopic (exact) mass is 1050 g/mol. The maximum Gasteiger partial charge on any atom is 0.247 e. The number of para-hydroxylation sites is 1. The molecule has 0 unspecified atom stereocenters. The minimum Gasteiger partial charge on any atom is -0.507 e. The molecular formula is C60H63BN3OPt-. The fourth-order valence-corrected chi connectivity index (χ4v) is 9.91. The Morgan fingerprint density at radius 3 is 1.85 bits per heavy atom. The number of fused-ring (bicyclic) bond motifs is 2. The molecule has 1 aliphatic heterocycles. The Kier molecular flexibility index (Phi) is 12.3. The van der Waals surface area contributed by atoms with E-state index in [4.69, 9.17) is 9.97 Å². The fourth-order valence-electron chi connectivity index (χ4n) is 9.91. The van der Waals surface area contributed by atoms with Gasteiger partial charge in [0.15, 0.2) is 0 Å². The van der Waals surface area contributed by atoms with Gasteiger partial charge in [0.25, 0.3) is 0 Å². The molecule has 4 nitrogen and oxygen atoms in total. The summed E-state index contributed by atoms with van der Waals surface area (Å²) in [6, 6.07) is 48.0. The Labute approximate surface area is 408 Å². The minimum absolute atomic E-state index is 0. The summed E-state index contributed by atoms with van der Waals surface area (Å²) in [5.41, 5.74) is 19.0. The van der Waals surface area contributed by atoms with E-state index in [2.05, 4.69) is 222 Å². The molecule has 6 aromatic carbocycles. The summed E-state index contributed by atoms with van der Waals surface area (Å²) in [4.78, 5) is 10.7. The maximum atomic E-state index is 12.6. The molecule has 6 heteroatoms. The van der Waals surface area contributed by atoms with Gasteiger partial charge in [0.1, 0.15) is 11.6 Å². The number of imidazole rings is 1. The molecule has 1 N–H and O–H groups in total. The molecule has 0 fully saturated rings.